The summed E-state index contributed by atoms with van der Waals surface area (Å²) in [6.45, 7) is 10.9. The first-order valence-electron chi connectivity index (χ1n) is 6.64. The number of thioether (sulfide) groups is 1. The van der Waals surface area contributed by atoms with Crippen molar-refractivity contribution in [2.45, 2.75) is 58.6 Å². The van der Waals surface area contributed by atoms with E-state index in [2.05, 4.69) is 26.1 Å². The third-order valence-corrected chi connectivity index (χ3v) is 4.05. The van der Waals surface area contributed by atoms with Gasteiger partial charge >= 0.3 is 5.97 Å². The van der Waals surface area contributed by atoms with E-state index in [1.165, 1.54) is 0 Å². The average Bonchev–Trinajstić information content (AvgIpc) is 2.23. The lowest BCUT2D eigenvalue weighted by atomic mass is 9.84. The van der Waals surface area contributed by atoms with Crippen LogP contribution >= 0.6 is 11.8 Å². The molecule has 0 unspecified atom stereocenters. The van der Waals surface area contributed by atoms with Crippen LogP contribution in [0.1, 0.15) is 53.9 Å². The maximum absolute atomic E-state index is 11.6. The van der Waals surface area contributed by atoms with Crippen molar-refractivity contribution in [1.29, 1.82) is 0 Å². The molecule has 0 aliphatic heterocycles. The van der Waals surface area contributed by atoms with E-state index < -0.39 is 5.97 Å². The molecule has 0 aliphatic rings. The molecule has 0 aromatic carbocycles. The van der Waals surface area contributed by atoms with Crippen LogP contribution in [-0.2, 0) is 9.59 Å². The fourth-order valence-electron chi connectivity index (χ4n) is 1.44. The fourth-order valence-corrected chi connectivity index (χ4v) is 2.11. The predicted octanol–water partition coefficient (Wildman–Crippen LogP) is 2.92. The minimum atomic E-state index is -0.765. The van der Waals surface area contributed by atoms with E-state index in [1.54, 1.807) is 11.8 Å². The Balaban J connectivity index is 3.83. The minimum absolute atomic E-state index is 0.0500. The Kier molecular flexibility index (Phi) is 7.49. The van der Waals surface area contributed by atoms with Crippen LogP contribution < -0.4 is 5.32 Å². The number of carboxylic acids is 1. The molecule has 0 fully saturated rings. The molecule has 1 amide bonds. The normalized spacial score (nSPS) is 12.3. The molecule has 4 nitrogen and oxygen atoms in total. The highest BCUT2D eigenvalue weighted by Gasteiger charge is 2.19. The predicted molar refractivity (Wildman–Crippen MR) is 80.5 cm³/mol. The summed E-state index contributed by atoms with van der Waals surface area (Å²) in [7, 11) is 0. The molecule has 2 N–H and O–H groups in total. The molecule has 19 heavy (non-hydrogen) atoms. The SMILES string of the molecule is CC(C)(CCNC(=O)CSC(C)(C)C)CCC(=O)O. The molecule has 0 atom stereocenters. The number of carbonyl (C=O) groups is 2. The zero-order valence-corrected chi connectivity index (χ0v) is 13.5. The van der Waals surface area contributed by atoms with Gasteiger partial charge in [-0.15, -0.1) is 11.8 Å². The first-order valence-corrected chi connectivity index (χ1v) is 7.63. The van der Waals surface area contributed by atoms with Crippen molar-refractivity contribution in [2.24, 2.45) is 5.41 Å². The Morgan fingerprint density at radius 3 is 2.16 bits per heavy atom. The lowest BCUT2D eigenvalue weighted by Crippen LogP contribution is -2.30. The van der Waals surface area contributed by atoms with Crippen molar-refractivity contribution in [2.75, 3.05) is 12.3 Å². The molecule has 5 heteroatoms. The Morgan fingerprint density at radius 1 is 1.11 bits per heavy atom. The van der Waals surface area contributed by atoms with Crippen LogP contribution in [0.3, 0.4) is 0 Å². The summed E-state index contributed by atoms with van der Waals surface area (Å²) in [5.41, 5.74) is -0.0527. The summed E-state index contributed by atoms with van der Waals surface area (Å²) in [5.74, 6) is -0.244. The van der Waals surface area contributed by atoms with Crippen LogP contribution in [0.5, 0.6) is 0 Å². The molecule has 0 heterocycles. The zero-order valence-electron chi connectivity index (χ0n) is 12.7. The van der Waals surface area contributed by atoms with Crippen molar-refractivity contribution in [1.82, 2.24) is 5.32 Å². The van der Waals surface area contributed by atoms with E-state index in [9.17, 15) is 9.59 Å². The van der Waals surface area contributed by atoms with E-state index in [1.807, 2.05) is 13.8 Å². The first-order chi connectivity index (χ1) is 8.52. The monoisotopic (exact) mass is 289 g/mol. The standard InChI is InChI=1S/C14H27NO3S/c1-13(2,3)19-10-11(16)15-9-8-14(4,5)7-6-12(17)18/h6-10H2,1-5H3,(H,15,16)(H,17,18). The van der Waals surface area contributed by atoms with Crippen LogP contribution in [0.25, 0.3) is 0 Å². The van der Waals surface area contributed by atoms with Crippen molar-refractivity contribution in [3.8, 4) is 0 Å². The zero-order chi connectivity index (χ0) is 15.1. The van der Waals surface area contributed by atoms with Gasteiger partial charge in [0.15, 0.2) is 0 Å². The molecular formula is C14H27NO3S. The summed E-state index contributed by atoms with van der Waals surface area (Å²) in [6, 6.07) is 0. The molecule has 0 aromatic rings. The van der Waals surface area contributed by atoms with Crippen LogP contribution in [0.4, 0.5) is 0 Å². The number of rotatable bonds is 8. The minimum Gasteiger partial charge on any atom is -0.481 e. The summed E-state index contributed by atoms with van der Waals surface area (Å²) >= 11 is 1.62. The van der Waals surface area contributed by atoms with Gasteiger partial charge in [0, 0.05) is 17.7 Å². The second-order valence-electron chi connectivity index (χ2n) is 6.56. The average molecular weight is 289 g/mol. The maximum atomic E-state index is 11.6. The van der Waals surface area contributed by atoms with E-state index in [-0.39, 0.29) is 22.5 Å². The van der Waals surface area contributed by atoms with Gasteiger partial charge in [0.1, 0.15) is 0 Å². The van der Waals surface area contributed by atoms with Crippen LogP contribution in [0.15, 0.2) is 0 Å². The number of nitrogens with one attached hydrogen (secondary N) is 1. The summed E-state index contributed by atoms with van der Waals surface area (Å²) in [4.78, 5) is 22.2. The topological polar surface area (TPSA) is 66.4 Å². The largest absolute Gasteiger partial charge is 0.481 e. The number of carbonyl (C=O) groups excluding carboxylic acids is 1. The second kappa shape index (κ2) is 7.78. The number of aliphatic carboxylic acids is 1. The van der Waals surface area contributed by atoms with Crippen LogP contribution in [-0.4, -0.2) is 34.0 Å². The van der Waals surface area contributed by atoms with Gasteiger partial charge in [-0.05, 0) is 18.3 Å². The number of carboxylic acid groups (broad SMARTS) is 1. The fraction of sp³-hybridized carbons (Fsp3) is 0.857. The highest BCUT2D eigenvalue weighted by atomic mass is 32.2. The lowest BCUT2D eigenvalue weighted by Gasteiger charge is -2.24. The van der Waals surface area contributed by atoms with Crippen LogP contribution in [0, 0.1) is 5.41 Å². The van der Waals surface area contributed by atoms with Crippen LogP contribution in [0.2, 0.25) is 0 Å². The first kappa shape index (κ1) is 18.3. The van der Waals surface area contributed by atoms with E-state index in [0.29, 0.717) is 18.7 Å². The van der Waals surface area contributed by atoms with E-state index in [4.69, 9.17) is 5.11 Å². The summed E-state index contributed by atoms with van der Waals surface area (Å²) in [5, 5.41) is 11.6. The van der Waals surface area contributed by atoms with E-state index >= 15 is 0 Å². The maximum Gasteiger partial charge on any atom is 0.303 e. The molecule has 0 rings (SSSR count). The molecular weight excluding hydrogens is 262 g/mol. The van der Waals surface area contributed by atoms with Gasteiger partial charge in [-0.25, -0.2) is 0 Å². The van der Waals surface area contributed by atoms with Crippen molar-refractivity contribution in [3.63, 3.8) is 0 Å². The van der Waals surface area contributed by atoms with E-state index in [0.717, 1.165) is 6.42 Å². The van der Waals surface area contributed by atoms with Crippen molar-refractivity contribution in [3.05, 3.63) is 0 Å². The van der Waals surface area contributed by atoms with Gasteiger partial charge in [0.2, 0.25) is 5.91 Å². The van der Waals surface area contributed by atoms with Gasteiger partial charge in [0.25, 0.3) is 0 Å². The van der Waals surface area contributed by atoms with Gasteiger partial charge in [0.05, 0.1) is 5.75 Å². The van der Waals surface area contributed by atoms with Crippen molar-refractivity contribution >= 4 is 23.6 Å². The third-order valence-electron chi connectivity index (χ3n) is 2.78. The smallest absolute Gasteiger partial charge is 0.303 e. The van der Waals surface area contributed by atoms with Gasteiger partial charge in [-0.2, -0.15) is 0 Å². The van der Waals surface area contributed by atoms with Gasteiger partial charge in [-0.3, -0.25) is 9.59 Å². The Bertz CT molecular complexity index is 308. The number of hydrogen-bond donors (Lipinski definition) is 2. The second-order valence-corrected chi connectivity index (χ2v) is 8.36. The summed E-state index contributed by atoms with van der Waals surface area (Å²) < 4.78 is 0.0953. The molecule has 0 aromatic heterocycles. The number of amides is 1. The molecule has 0 saturated heterocycles. The molecule has 0 saturated carbocycles. The molecule has 112 valence electrons. The summed E-state index contributed by atoms with van der Waals surface area (Å²) in [6.07, 6.45) is 1.61. The molecule has 0 bridgehead atoms. The highest BCUT2D eigenvalue weighted by molar-refractivity contribution is 8.01. The Morgan fingerprint density at radius 2 is 1.68 bits per heavy atom. The van der Waals surface area contributed by atoms with Crippen molar-refractivity contribution < 1.29 is 14.7 Å². The highest BCUT2D eigenvalue weighted by Crippen LogP contribution is 2.26. The Labute approximate surface area is 120 Å². The van der Waals surface area contributed by atoms with Gasteiger partial charge in [-0.1, -0.05) is 34.6 Å². The Hall–Kier alpha value is -0.710. The molecule has 0 radical (unpaired) electrons. The number of hydrogen-bond acceptors (Lipinski definition) is 3. The molecule has 0 aliphatic carbocycles. The third kappa shape index (κ3) is 12.1. The molecule has 0 spiro atoms. The van der Waals surface area contributed by atoms with Gasteiger partial charge < -0.3 is 10.4 Å². The quantitative estimate of drug-likeness (QED) is 0.721. The lowest BCUT2D eigenvalue weighted by molar-refractivity contribution is -0.137.